The van der Waals surface area contributed by atoms with Crippen LogP contribution in [0.3, 0.4) is 0 Å². The first-order valence-electron chi connectivity index (χ1n) is 8.94. The number of nitrogens with one attached hydrogen (secondary N) is 1. The molecule has 2 amide bonds. The van der Waals surface area contributed by atoms with Crippen molar-refractivity contribution in [2.24, 2.45) is 0 Å². The van der Waals surface area contributed by atoms with Gasteiger partial charge in [-0.15, -0.1) is 0 Å². The van der Waals surface area contributed by atoms with Crippen molar-refractivity contribution in [2.75, 3.05) is 16.8 Å². The number of aromatic nitrogens is 1. The smallest absolute Gasteiger partial charge is 0.265 e. The summed E-state index contributed by atoms with van der Waals surface area (Å²) in [7, 11) is 0. The molecule has 1 aliphatic rings. The monoisotopic (exact) mass is 373 g/mol. The molecule has 28 heavy (non-hydrogen) atoms. The molecule has 0 fully saturated rings. The van der Waals surface area contributed by atoms with Crippen molar-refractivity contribution in [3.8, 4) is 5.75 Å². The maximum Gasteiger partial charge on any atom is 0.265 e. The Bertz CT molecular complexity index is 1020. The molecule has 1 aliphatic heterocycles. The molecule has 3 aromatic rings. The number of pyridine rings is 1. The molecule has 0 unspecified atom stereocenters. The van der Waals surface area contributed by atoms with Crippen LogP contribution in [0.15, 0.2) is 67.0 Å². The zero-order valence-electron chi connectivity index (χ0n) is 15.4. The van der Waals surface area contributed by atoms with Crippen LogP contribution in [0.5, 0.6) is 5.75 Å². The standard InChI is InChI=1S/C22H19N3O3/c1-15-2-4-16(5-3-15)13-25-19-7-6-18(12-20(19)28-14-21(25)26)24-22(27)17-8-10-23-11-9-17/h2-12H,13-14H2,1H3,(H,24,27). The van der Waals surface area contributed by atoms with Crippen LogP contribution in [-0.2, 0) is 11.3 Å². The molecule has 0 radical (unpaired) electrons. The molecule has 4 rings (SSSR count). The molecular weight excluding hydrogens is 354 g/mol. The summed E-state index contributed by atoms with van der Waals surface area (Å²) in [5.74, 6) is 0.242. The normalized spacial score (nSPS) is 12.9. The molecule has 0 bridgehead atoms. The zero-order valence-corrected chi connectivity index (χ0v) is 15.4. The van der Waals surface area contributed by atoms with Crippen molar-refractivity contribution in [1.29, 1.82) is 0 Å². The fourth-order valence-electron chi connectivity index (χ4n) is 3.04. The van der Waals surface area contributed by atoms with Crippen LogP contribution in [0.1, 0.15) is 21.5 Å². The Morgan fingerprint density at radius 1 is 1.11 bits per heavy atom. The third kappa shape index (κ3) is 3.71. The molecule has 0 saturated carbocycles. The Balaban J connectivity index is 1.55. The predicted octanol–water partition coefficient (Wildman–Crippen LogP) is 3.57. The molecule has 2 heterocycles. The first-order chi connectivity index (χ1) is 13.6. The van der Waals surface area contributed by atoms with Gasteiger partial charge in [-0.2, -0.15) is 0 Å². The second-order valence-electron chi connectivity index (χ2n) is 6.63. The lowest BCUT2D eigenvalue weighted by Gasteiger charge is -2.30. The summed E-state index contributed by atoms with van der Waals surface area (Å²) in [4.78, 5) is 30.3. The van der Waals surface area contributed by atoms with E-state index in [0.717, 1.165) is 5.56 Å². The summed E-state index contributed by atoms with van der Waals surface area (Å²) in [5.41, 5.74) is 4.03. The van der Waals surface area contributed by atoms with Crippen molar-refractivity contribution < 1.29 is 14.3 Å². The fourth-order valence-corrected chi connectivity index (χ4v) is 3.04. The highest BCUT2D eigenvalue weighted by Crippen LogP contribution is 2.35. The number of benzene rings is 2. The maximum absolute atomic E-state index is 12.4. The highest BCUT2D eigenvalue weighted by atomic mass is 16.5. The molecular formula is C22H19N3O3. The molecule has 0 saturated heterocycles. The van der Waals surface area contributed by atoms with Gasteiger partial charge in [0.15, 0.2) is 6.61 Å². The van der Waals surface area contributed by atoms with Gasteiger partial charge in [0.1, 0.15) is 5.75 Å². The SMILES string of the molecule is Cc1ccc(CN2C(=O)COc3cc(NC(=O)c4ccncc4)ccc32)cc1. The van der Waals surface area contributed by atoms with E-state index in [2.05, 4.69) is 10.3 Å². The van der Waals surface area contributed by atoms with Crippen LogP contribution in [0.2, 0.25) is 0 Å². The number of amides is 2. The van der Waals surface area contributed by atoms with E-state index < -0.39 is 0 Å². The van der Waals surface area contributed by atoms with Gasteiger partial charge in [0.25, 0.3) is 11.8 Å². The summed E-state index contributed by atoms with van der Waals surface area (Å²) in [6.07, 6.45) is 3.14. The Kier molecular flexibility index (Phi) is 4.76. The minimum Gasteiger partial charge on any atom is -0.481 e. The van der Waals surface area contributed by atoms with E-state index in [0.29, 0.717) is 29.2 Å². The molecule has 1 N–H and O–H groups in total. The number of fused-ring (bicyclic) bond motifs is 1. The number of rotatable bonds is 4. The van der Waals surface area contributed by atoms with E-state index in [1.165, 1.54) is 5.56 Å². The van der Waals surface area contributed by atoms with Crippen molar-refractivity contribution in [1.82, 2.24) is 4.98 Å². The van der Waals surface area contributed by atoms with E-state index in [1.807, 2.05) is 31.2 Å². The Labute approximate surface area is 162 Å². The van der Waals surface area contributed by atoms with Gasteiger partial charge in [-0.05, 0) is 36.8 Å². The van der Waals surface area contributed by atoms with Gasteiger partial charge < -0.3 is 15.0 Å². The van der Waals surface area contributed by atoms with Crippen molar-refractivity contribution >= 4 is 23.2 Å². The van der Waals surface area contributed by atoms with Gasteiger partial charge in [0.2, 0.25) is 0 Å². The molecule has 2 aromatic carbocycles. The second-order valence-corrected chi connectivity index (χ2v) is 6.63. The topological polar surface area (TPSA) is 71.5 Å². The number of anilines is 2. The highest BCUT2D eigenvalue weighted by molar-refractivity contribution is 6.05. The first kappa shape index (κ1) is 17.7. The van der Waals surface area contributed by atoms with E-state index in [1.54, 1.807) is 47.6 Å². The Hall–Kier alpha value is -3.67. The van der Waals surface area contributed by atoms with Crippen LogP contribution < -0.4 is 15.0 Å². The minimum atomic E-state index is -0.231. The lowest BCUT2D eigenvalue weighted by Crippen LogP contribution is -2.38. The molecule has 6 heteroatoms. The molecule has 0 atom stereocenters. The number of hydrogen-bond acceptors (Lipinski definition) is 4. The van der Waals surface area contributed by atoms with E-state index in [9.17, 15) is 9.59 Å². The predicted molar refractivity (Wildman–Crippen MR) is 106 cm³/mol. The Morgan fingerprint density at radius 2 is 1.86 bits per heavy atom. The fraction of sp³-hybridized carbons (Fsp3) is 0.136. The molecule has 0 aliphatic carbocycles. The van der Waals surface area contributed by atoms with Gasteiger partial charge in [0.05, 0.1) is 12.2 Å². The van der Waals surface area contributed by atoms with Gasteiger partial charge in [-0.3, -0.25) is 14.6 Å². The van der Waals surface area contributed by atoms with Crippen LogP contribution in [0.4, 0.5) is 11.4 Å². The van der Waals surface area contributed by atoms with Crippen LogP contribution in [0, 0.1) is 6.92 Å². The summed E-state index contributed by atoms with van der Waals surface area (Å²) in [5, 5.41) is 2.84. The molecule has 140 valence electrons. The summed E-state index contributed by atoms with van der Waals surface area (Å²) >= 11 is 0. The number of ether oxygens (including phenoxy) is 1. The van der Waals surface area contributed by atoms with Crippen molar-refractivity contribution in [3.63, 3.8) is 0 Å². The third-order valence-electron chi connectivity index (χ3n) is 4.56. The number of carbonyl (C=O) groups is 2. The van der Waals surface area contributed by atoms with E-state index >= 15 is 0 Å². The van der Waals surface area contributed by atoms with Gasteiger partial charge in [-0.1, -0.05) is 29.8 Å². The van der Waals surface area contributed by atoms with Crippen molar-refractivity contribution in [2.45, 2.75) is 13.5 Å². The minimum absolute atomic E-state index is 0.0272. The molecule has 1 aromatic heterocycles. The molecule has 0 spiro atoms. The summed E-state index contributed by atoms with van der Waals surface area (Å²) in [6, 6.07) is 16.7. The quantitative estimate of drug-likeness (QED) is 0.759. The number of nitrogens with zero attached hydrogens (tertiary/aromatic N) is 2. The summed E-state index contributed by atoms with van der Waals surface area (Å²) in [6.45, 7) is 2.47. The highest BCUT2D eigenvalue weighted by Gasteiger charge is 2.26. The average molecular weight is 373 g/mol. The van der Waals surface area contributed by atoms with Crippen LogP contribution >= 0.6 is 0 Å². The van der Waals surface area contributed by atoms with Gasteiger partial charge in [-0.25, -0.2) is 0 Å². The average Bonchev–Trinajstić information content (AvgIpc) is 2.72. The lowest BCUT2D eigenvalue weighted by atomic mass is 10.1. The number of aryl methyl sites for hydroxylation is 1. The summed E-state index contributed by atoms with van der Waals surface area (Å²) < 4.78 is 5.60. The third-order valence-corrected chi connectivity index (χ3v) is 4.56. The number of carbonyl (C=O) groups excluding carboxylic acids is 2. The van der Waals surface area contributed by atoms with Gasteiger partial charge >= 0.3 is 0 Å². The van der Waals surface area contributed by atoms with Gasteiger partial charge in [0, 0.05) is 29.7 Å². The van der Waals surface area contributed by atoms with Crippen LogP contribution in [0.25, 0.3) is 0 Å². The zero-order chi connectivity index (χ0) is 19.5. The van der Waals surface area contributed by atoms with E-state index in [-0.39, 0.29) is 18.4 Å². The largest absolute Gasteiger partial charge is 0.481 e. The van der Waals surface area contributed by atoms with Crippen molar-refractivity contribution in [3.05, 3.63) is 83.7 Å². The Morgan fingerprint density at radius 3 is 2.61 bits per heavy atom. The van der Waals surface area contributed by atoms with Crippen LogP contribution in [-0.4, -0.2) is 23.4 Å². The van der Waals surface area contributed by atoms with E-state index in [4.69, 9.17) is 4.74 Å². The first-order valence-corrected chi connectivity index (χ1v) is 8.94. The lowest BCUT2D eigenvalue weighted by molar-refractivity contribution is -0.121. The second kappa shape index (κ2) is 7.52. The number of hydrogen-bond donors (Lipinski definition) is 1. The molecule has 6 nitrogen and oxygen atoms in total. The maximum atomic E-state index is 12.4.